The van der Waals surface area contributed by atoms with Crippen LogP contribution in [0.1, 0.15) is 32.4 Å². The Hall–Kier alpha value is -2.09. The summed E-state index contributed by atoms with van der Waals surface area (Å²) in [5.41, 5.74) is 2.15. The molecule has 0 radical (unpaired) electrons. The largest absolute Gasteiger partial charge is 0.304 e. The van der Waals surface area contributed by atoms with Gasteiger partial charge in [0.1, 0.15) is 0 Å². The summed E-state index contributed by atoms with van der Waals surface area (Å²) >= 11 is 0. The van der Waals surface area contributed by atoms with Gasteiger partial charge in [-0.15, -0.1) is 0 Å². The lowest BCUT2D eigenvalue weighted by Crippen LogP contribution is -2.59. The molecular formula is C19H21NO. The van der Waals surface area contributed by atoms with Crippen LogP contribution in [0.3, 0.4) is 0 Å². The maximum Gasteiger partial charge on any atom is 0.233 e. The van der Waals surface area contributed by atoms with Gasteiger partial charge in [0.05, 0.1) is 12.0 Å². The fourth-order valence-corrected chi connectivity index (χ4v) is 3.20. The van der Waals surface area contributed by atoms with Crippen molar-refractivity contribution in [1.82, 2.24) is 0 Å². The molecule has 3 rings (SSSR count). The number of anilines is 1. The lowest BCUT2D eigenvalue weighted by atomic mass is 9.67. The van der Waals surface area contributed by atoms with Gasteiger partial charge in [-0.25, -0.2) is 0 Å². The SMILES string of the molecule is CC(C)(C)[C@@H]1C(=O)N(c2ccccc2)[C@H]1c1ccccc1. The van der Waals surface area contributed by atoms with E-state index >= 15 is 0 Å². The zero-order chi connectivity index (χ0) is 15.0. The van der Waals surface area contributed by atoms with Crippen molar-refractivity contribution in [1.29, 1.82) is 0 Å². The Morgan fingerprint density at radius 3 is 1.90 bits per heavy atom. The molecule has 0 aliphatic carbocycles. The second kappa shape index (κ2) is 5.03. The molecule has 2 heteroatoms. The molecule has 21 heavy (non-hydrogen) atoms. The van der Waals surface area contributed by atoms with E-state index in [0.29, 0.717) is 0 Å². The molecule has 0 unspecified atom stereocenters. The number of hydrogen-bond donors (Lipinski definition) is 0. The first-order valence-corrected chi connectivity index (χ1v) is 7.43. The second-order valence-corrected chi connectivity index (χ2v) is 6.74. The van der Waals surface area contributed by atoms with Crippen LogP contribution in [0.2, 0.25) is 0 Å². The van der Waals surface area contributed by atoms with Gasteiger partial charge in [-0.1, -0.05) is 69.3 Å². The monoisotopic (exact) mass is 279 g/mol. The minimum atomic E-state index is -0.0388. The van der Waals surface area contributed by atoms with Gasteiger partial charge >= 0.3 is 0 Å². The molecule has 108 valence electrons. The molecule has 2 nitrogen and oxygen atoms in total. The third kappa shape index (κ3) is 2.35. The summed E-state index contributed by atoms with van der Waals surface area (Å²) in [7, 11) is 0. The summed E-state index contributed by atoms with van der Waals surface area (Å²) in [6.45, 7) is 6.44. The first kappa shape index (κ1) is 13.9. The summed E-state index contributed by atoms with van der Waals surface area (Å²) in [5, 5.41) is 0. The van der Waals surface area contributed by atoms with E-state index in [0.717, 1.165) is 5.69 Å². The van der Waals surface area contributed by atoms with E-state index in [2.05, 4.69) is 32.9 Å². The zero-order valence-corrected chi connectivity index (χ0v) is 12.8. The van der Waals surface area contributed by atoms with Gasteiger partial charge in [-0.3, -0.25) is 4.79 Å². The highest BCUT2D eigenvalue weighted by molar-refractivity contribution is 6.03. The Labute approximate surface area is 126 Å². The van der Waals surface area contributed by atoms with E-state index in [4.69, 9.17) is 0 Å². The molecule has 0 aromatic heterocycles. The fourth-order valence-electron chi connectivity index (χ4n) is 3.20. The molecule has 1 amide bonds. The minimum Gasteiger partial charge on any atom is -0.304 e. The molecule has 1 aliphatic rings. The van der Waals surface area contributed by atoms with Gasteiger partial charge in [0.25, 0.3) is 0 Å². The van der Waals surface area contributed by atoms with Crippen molar-refractivity contribution in [2.75, 3.05) is 4.90 Å². The lowest BCUT2D eigenvalue weighted by molar-refractivity contribution is -0.135. The predicted molar refractivity (Wildman–Crippen MR) is 86.1 cm³/mol. The Balaban J connectivity index is 2.03. The van der Waals surface area contributed by atoms with Crippen LogP contribution in [0.5, 0.6) is 0 Å². The molecule has 1 aliphatic heterocycles. The van der Waals surface area contributed by atoms with Crippen LogP contribution >= 0.6 is 0 Å². The van der Waals surface area contributed by atoms with E-state index in [1.807, 2.05) is 53.4 Å². The van der Waals surface area contributed by atoms with Gasteiger partial charge in [0.15, 0.2) is 0 Å². The van der Waals surface area contributed by atoms with Crippen LogP contribution in [-0.2, 0) is 4.79 Å². The van der Waals surface area contributed by atoms with Crippen LogP contribution < -0.4 is 4.90 Å². The molecule has 0 saturated carbocycles. The molecule has 0 N–H and O–H groups in total. The number of para-hydroxylation sites is 1. The van der Waals surface area contributed by atoms with Crippen molar-refractivity contribution in [2.45, 2.75) is 26.8 Å². The van der Waals surface area contributed by atoms with Crippen LogP contribution in [0.15, 0.2) is 60.7 Å². The number of hydrogen-bond acceptors (Lipinski definition) is 1. The van der Waals surface area contributed by atoms with Gasteiger partial charge in [-0.2, -0.15) is 0 Å². The smallest absolute Gasteiger partial charge is 0.233 e. The molecular weight excluding hydrogens is 258 g/mol. The summed E-state index contributed by atoms with van der Waals surface area (Å²) in [4.78, 5) is 14.7. The average Bonchev–Trinajstić information content (AvgIpc) is 2.45. The van der Waals surface area contributed by atoms with E-state index in [1.54, 1.807) is 0 Å². The second-order valence-electron chi connectivity index (χ2n) is 6.74. The number of carbonyl (C=O) groups is 1. The van der Waals surface area contributed by atoms with E-state index < -0.39 is 0 Å². The van der Waals surface area contributed by atoms with Crippen molar-refractivity contribution in [3.63, 3.8) is 0 Å². The van der Waals surface area contributed by atoms with Crippen LogP contribution in [0.4, 0.5) is 5.69 Å². The molecule has 0 bridgehead atoms. The minimum absolute atomic E-state index is 0.0279. The molecule has 2 aromatic carbocycles. The number of rotatable bonds is 2. The maximum absolute atomic E-state index is 12.7. The van der Waals surface area contributed by atoms with Crippen molar-refractivity contribution >= 4 is 11.6 Å². The Morgan fingerprint density at radius 1 is 0.857 bits per heavy atom. The fraction of sp³-hybridized carbons (Fsp3) is 0.316. The quantitative estimate of drug-likeness (QED) is 0.744. The van der Waals surface area contributed by atoms with Gasteiger partial charge in [-0.05, 0) is 23.1 Å². The highest BCUT2D eigenvalue weighted by Gasteiger charge is 2.53. The first-order valence-electron chi connectivity index (χ1n) is 7.43. The van der Waals surface area contributed by atoms with Gasteiger partial charge in [0, 0.05) is 5.69 Å². The predicted octanol–water partition coefficient (Wildman–Crippen LogP) is 4.44. The third-order valence-corrected chi connectivity index (χ3v) is 4.21. The topological polar surface area (TPSA) is 20.3 Å². The summed E-state index contributed by atoms with van der Waals surface area (Å²) < 4.78 is 0. The number of amides is 1. The third-order valence-electron chi connectivity index (χ3n) is 4.21. The Kier molecular flexibility index (Phi) is 3.32. The highest BCUT2D eigenvalue weighted by Crippen LogP contribution is 2.50. The maximum atomic E-state index is 12.7. The van der Waals surface area contributed by atoms with Crippen LogP contribution in [0, 0.1) is 11.3 Å². The van der Waals surface area contributed by atoms with E-state index in [9.17, 15) is 4.79 Å². The summed E-state index contributed by atoms with van der Waals surface area (Å²) in [5.74, 6) is 0.252. The molecule has 1 heterocycles. The normalized spacial score (nSPS) is 22.0. The lowest BCUT2D eigenvalue weighted by Gasteiger charge is -2.52. The summed E-state index contributed by atoms with van der Waals surface area (Å²) in [6.07, 6.45) is 0. The molecule has 1 fully saturated rings. The number of nitrogens with zero attached hydrogens (tertiary/aromatic N) is 1. The van der Waals surface area contributed by atoms with E-state index in [-0.39, 0.29) is 23.3 Å². The highest BCUT2D eigenvalue weighted by atomic mass is 16.2. The Bertz CT molecular complexity index is 628. The Morgan fingerprint density at radius 2 is 1.38 bits per heavy atom. The average molecular weight is 279 g/mol. The summed E-state index contributed by atoms with van der Waals surface area (Å²) in [6, 6.07) is 20.4. The molecule has 2 aromatic rings. The molecule has 1 saturated heterocycles. The van der Waals surface area contributed by atoms with Gasteiger partial charge in [0.2, 0.25) is 5.91 Å². The van der Waals surface area contributed by atoms with Crippen LogP contribution in [0.25, 0.3) is 0 Å². The van der Waals surface area contributed by atoms with Crippen molar-refractivity contribution < 1.29 is 4.79 Å². The van der Waals surface area contributed by atoms with Crippen molar-refractivity contribution in [3.8, 4) is 0 Å². The molecule has 0 spiro atoms. The number of β-lactam (4-membered cyclic amide) rings is 1. The van der Waals surface area contributed by atoms with Crippen molar-refractivity contribution in [2.24, 2.45) is 11.3 Å². The first-order chi connectivity index (χ1) is 10.00. The number of carbonyl (C=O) groups excluding carboxylic acids is 1. The van der Waals surface area contributed by atoms with Gasteiger partial charge < -0.3 is 4.90 Å². The zero-order valence-electron chi connectivity index (χ0n) is 12.8. The number of benzene rings is 2. The van der Waals surface area contributed by atoms with E-state index in [1.165, 1.54) is 5.56 Å². The molecule has 2 atom stereocenters. The standard InChI is InChI=1S/C19H21NO/c1-19(2,3)16-17(14-10-6-4-7-11-14)20(18(16)21)15-12-8-5-9-13-15/h4-13,16-17H,1-3H3/t16-,17-/m0/s1. The van der Waals surface area contributed by atoms with Crippen LogP contribution in [-0.4, -0.2) is 5.91 Å². The van der Waals surface area contributed by atoms with Crippen molar-refractivity contribution in [3.05, 3.63) is 66.2 Å².